The lowest BCUT2D eigenvalue weighted by molar-refractivity contribution is -0.384. The summed E-state index contributed by atoms with van der Waals surface area (Å²) in [5, 5.41) is 13.4. The number of carbonyl (C=O) groups is 1. The van der Waals surface area contributed by atoms with Gasteiger partial charge in [-0.25, -0.2) is 0 Å². The van der Waals surface area contributed by atoms with Crippen molar-refractivity contribution in [3.8, 4) is 5.75 Å². The highest BCUT2D eigenvalue weighted by molar-refractivity contribution is 6.04. The Labute approximate surface area is 144 Å². The van der Waals surface area contributed by atoms with Gasteiger partial charge in [-0.15, -0.1) is 0 Å². The van der Waals surface area contributed by atoms with E-state index in [0.29, 0.717) is 23.6 Å². The van der Waals surface area contributed by atoms with Crippen molar-refractivity contribution in [3.63, 3.8) is 0 Å². The number of nitrogens with one attached hydrogen (secondary N) is 1. The largest absolute Gasteiger partial charge is 0.491 e. The van der Waals surface area contributed by atoms with Gasteiger partial charge in [-0.2, -0.15) is 0 Å². The average Bonchev–Trinajstić information content (AvgIpc) is 3.15. The lowest BCUT2D eigenvalue weighted by Gasteiger charge is -2.12. The second kappa shape index (κ2) is 7.76. The molecular formula is C18H18N2O5. The SMILES string of the molecule is O=C(Nc1ccc(OC[C@H]2CCCO2)cc1)c1ccc([N+](=O)[O-])cc1. The Balaban J connectivity index is 1.54. The third-order valence-electron chi connectivity index (χ3n) is 3.91. The third-order valence-corrected chi connectivity index (χ3v) is 3.91. The maximum absolute atomic E-state index is 12.2. The molecule has 0 saturated carbocycles. The van der Waals surface area contributed by atoms with E-state index in [-0.39, 0.29) is 17.7 Å². The number of nitrogens with zero attached hydrogens (tertiary/aromatic N) is 1. The molecule has 1 fully saturated rings. The van der Waals surface area contributed by atoms with Crippen molar-refractivity contribution in [3.05, 3.63) is 64.2 Å². The van der Waals surface area contributed by atoms with Crippen LogP contribution in [0.4, 0.5) is 11.4 Å². The van der Waals surface area contributed by atoms with Gasteiger partial charge in [-0.05, 0) is 49.2 Å². The number of nitro benzene ring substituents is 1. The molecule has 1 aliphatic rings. The molecule has 25 heavy (non-hydrogen) atoms. The van der Waals surface area contributed by atoms with E-state index in [4.69, 9.17) is 9.47 Å². The van der Waals surface area contributed by atoms with Gasteiger partial charge in [-0.3, -0.25) is 14.9 Å². The molecule has 1 saturated heterocycles. The summed E-state index contributed by atoms with van der Waals surface area (Å²) in [6.07, 6.45) is 2.24. The van der Waals surface area contributed by atoms with Crippen molar-refractivity contribution in [1.29, 1.82) is 0 Å². The van der Waals surface area contributed by atoms with Crippen molar-refractivity contribution in [2.24, 2.45) is 0 Å². The zero-order chi connectivity index (χ0) is 17.6. The number of carbonyl (C=O) groups excluding carboxylic acids is 1. The number of ether oxygens (including phenoxy) is 2. The first-order valence-electron chi connectivity index (χ1n) is 8.02. The topological polar surface area (TPSA) is 90.7 Å². The van der Waals surface area contributed by atoms with Gasteiger partial charge in [0.15, 0.2) is 0 Å². The van der Waals surface area contributed by atoms with Crippen LogP contribution in [0.25, 0.3) is 0 Å². The van der Waals surface area contributed by atoms with E-state index in [2.05, 4.69) is 5.32 Å². The van der Waals surface area contributed by atoms with E-state index < -0.39 is 4.92 Å². The van der Waals surface area contributed by atoms with Crippen LogP contribution in [0.5, 0.6) is 5.75 Å². The first-order valence-corrected chi connectivity index (χ1v) is 8.02. The monoisotopic (exact) mass is 342 g/mol. The number of rotatable bonds is 6. The van der Waals surface area contributed by atoms with Crippen molar-refractivity contribution in [1.82, 2.24) is 0 Å². The molecule has 0 spiro atoms. The molecule has 0 aliphatic carbocycles. The predicted octanol–water partition coefficient (Wildman–Crippen LogP) is 3.40. The molecule has 1 atom stereocenters. The van der Waals surface area contributed by atoms with E-state index in [1.165, 1.54) is 24.3 Å². The number of nitro groups is 1. The molecule has 0 unspecified atom stereocenters. The second-order valence-electron chi connectivity index (χ2n) is 5.73. The van der Waals surface area contributed by atoms with Gasteiger partial charge in [0.2, 0.25) is 0 Å². The van der Waals surface area contributed by atoms with Crippen LogP contribution in [-0.4, -0.2) is 30.1 Å². The minimum absolute atomic E-state index is 0.0516. The summed E-state index contributed by atoms with van der Waals surface area (Å²) in [4.78, 5) is 22.3. The second-order valence-corrected chi connectivity index (χ2v) is 5.73. The minimum Gasteiger partial charge on any atom is -0.491 e. The van der Waals surface area contributed by atoms with E-state index in [1.54, 1.807) is 24.3 Å². The van der Waals surface area contributed by atoms with Gasteiger partial charge in [0.1, 0.15) is 12.4 Å². The molecule has 2 aromatic carbocycles. The Morgan fingerprint density at radius 3 is 2.52 bits per heavy atom. The highest BCUT2D eigenvalue weighted by Crippen LogP contribution is 2.19. The summed E-state index contributed by atoms with van der Waals surface area (Å²) in [5.41, 5.74) is 0.918. The number of non-ortho nitro benzene ring substituents is 1. The van der Waals surface area contributed by atoms with E-state index in [9.17, 15) is 14.9 Å². The number of hydrogen-bond donors (Lipinski definition) is 1. The number of anilines is 1. The Kier molecular flexibility index (Phi) is 5.25. The van der Waals surface area contributed by atoms with Gasteiger partial charge in [0, 0.05) is 30.0 Å². The number of hydrogen-bond acceptors (Lipinski definition) is 5. The summed E-state index contributed by atoms with van der Waals surface area (Å²) in [7, 11) is 0. The summed E-state index contributed by atoms with van der Waals surface area (Å²) in [5.74, 6) is 0.381. The molecule has 3 rings (SSSR count). The Hall–Kier alpha value is -2.93. The Morgan fingerprint density at radius 1 is 1.20 bits per heavy atom. The number of amides is 1. The van der Waals surface area contributed by atoms with Crippen LogP contribution in [0.15, 0.2) is 48.5 Å². The maximum Gasteiger partial charge on any atom is 0.269 e. The predicted molar refractivity (Wildman–Crippen MR) is 92.0 cm³/mol. The molecule has 1 aliphatic heterocycles. The quantitative estimate of drug-likeness (QED) is 0.642. The molecular weight excluding hydrogens is 324 g/mol. The molecule has 0 radical (unpaired) electrons. The van der Waals surface area contributed by atoms with Crippen LogP contribution >= 0.6 is 0 Å². The molecule has 7 nitrogen and oxygen atoms in total. The van der Waals surface area contributed by atoms with Crippen molar-refractivity contribution in [2.45, 2.75) is 18.9 Å². The minimum atomic E-state index is -0.503. The van der Waals surface area contributed by atoms with E-state index in [1.807, 2.05) is 0 Å². The molecule has 7 heteroatoms. The summed E-state index contributed by atoms with van der Waals surface area (Å²) in [6.45, 7) is 1.32. The first kappa shape index (κ1) is 16.9. The zero-order valence-electron chi connectivity index (χ0n) is 13.5. The molecule has 0 aromatic heterocycles. The van der Waals surface area contributed by atoms with Crippen molar-refractivity contribution in [2.75, 3.05) is 18.5 Å². The fourth-order valence-electron chi connectivity index (χ4n) is 2.54. The lowest BCUT2D eigenvalue weighted by atomic mass is 10.2. The molecule has 1 amide bonds. The van der Waals surface area contributed by atoms with Crippen LogP contribution in [0.3, 0.4) is 0 Å². The van der Waals surface area contributed by atoms with Crippen molar-refractivity contribution < 1.29 is 19.2 Å². The Bertz CT molecular complexity index is 737. The van der Waals surface area contributed by atoms with Crippen LogP contribution in [0, 0.1) is 10.1 Å². The standard InChI is InChI=1S/C18H18N2O5/c21-18(13-3-7-15(8-4-13)20(22)23)19-14-5-9-16(10-6-14)25-12-17-2-1-11-24-17/h3-10,17H,1-2,11-12H2,(H,19,21)/t17-/m1/s1. The molecule has 1 N–H and O–H groups in total. The van der Waals surface area contributed by atoms with Gasteiger partial charge >= 0.3 is 0 Å². The van der Waals surface area contributed by atoms with E-state index in [0.717, 1.165) is 19.4 Å². The molecule has 1 heterocycles. The number of benzene rings is 2. The lowest BCUT2D eigenvalue weighted by Crippen LogP contribution is -2.16. The smallest absolute Gasteiger partial charge is 0.269 e. The molecule has 130 valence electrons. The van der Waals surface area contributed by atoms with Crippen molar-refractivity contribution >= 4 is 17.3 Å². The maximum atomic E-state index is 12.2. The fourth-order valence-corrected chi connectivity index (χ4v) is 2.54. The highest BCUT2D eigenvalue weighted by Gasteiger charge is 2.16. The van der Waals surface area contributed by atoms with Crippen LogP contribution in [-0.2, 0) is 4.74 Å². The van der Waals surface area contributed by atoms with Gasteiger partial charge in [-0.1, -0.05) is 0 Å². The summed E-state index contributed by atoms with van der Waals surface area (Å²) < 4.78 is 11.2. The summed E-state index contributed by atoms with van der Waals surface area (Å²) in [6, 6.07) is 12.5. The van der Waals surface area contributed by atoms with Crippen LogP contribution < -0.4 is 10.1 Å². The average molecular weight is 342 g/mol. The molecule has 2 aromatic rings. The fraction of sp³-hybridized carbons (Fsp3) is 0.278. The zero-order valence-corrected chi connectivity index (χ0v) is 13.5. The summed E-state index contributed by atoms with van der Waals surface area (Å²) >= 11 is 0. The van der Waals surface area contributed by atoms with Crippen LogP contribution in [0.1, 0.15) is 23.2 Å². The van der Waals surface area contributed by atoms with Gasteiger partial charge in [0.25, 0.3) is 11.6 Å². The van der Waals surface area contributed by atoms with Gasteiger partial charge < -0.3 is 14.8 Å². The highest BCUT2D eigenvalue weighted by atomic mass is 16.6. The van der Waals surface area contributed by atoms with Gasteiger partial charge in [0.05, 0.1) is 11.0 Å². The molecule has 0 bridgehead atoms. The third kappa shape index (κ3) is 4.54. The van der Waals surface area contributed by atoms with Crippen LogP contribution in [0.2, 0.25) is 0 Å². The normalized spacial score (nSPS) is 16.4. The van der Waals surface area contributed by atoms with E-state index >= 15 is 0 Å². The Morgan fingerprint density at radius 2 is 1.92 bits per heavy atom. The first-order chi connectivity index (χ1) is 12.1.